The third-order valence-electron chi connectivity index (χ3n) is 4.27. The lowest BCUT2D eigenvalue weighted by Gasteiger charge is -2.24. The van der Waals surface area contributed by atoms with Gasteiger partial charge in [-0.25, -0.2) is 4.79 Å². The zero-order chi connectivity index (χ0) is 18.7. The Morgan fingerprint density at radius 2 is 1.92 bits per heavy atom. The van der Waals surface area contributed by atoms with Crippen molar-refractivity contribution >= 4 is 23.8 Å². The number of carbonyl (C=O) groups excluding carboxylic acids is 2. The summed E-state index contributed by atoms with van der Waals surface area (Å²) in [7, 11) is 0. The second kappa shape index (κ2) is 6.75. The molecule has 1 aliphatic heterocycles. The number of hydrogen-bond acceptors (Lipinski definition) is 5. The Morgan fingerprint density at radius 1 is 1.19 bits per heavy atom. The first-order valence-electron chi connectivity index (χ1n) is 7.98. The molecule has 0 bridgehead atoms. The smallest absolute Gasteiger partial charge is 0.318 e. The molecule has 26 heavy (non-hydrogen) atoms. The first kappa shape index (κ1) is 17.3. The SMILES string of the molecule is CC[C@]1(c2ccccc2)NC(=O)N(/N=C\c2cccc([N+](=O)[O-])c2)C1=O. The predicted molar refractivity (Wildman–Crippen MR) is 94.5 cm³/mol. The van der Waals surface area contributed by atoms with Crippen LogP contribution in [0.2, 0.25) is 0 Å². The highest BCUT2D eigenvalue weighted by molar-refractivity contribution is 6.07. The molecule has 1 N–H and O–H groups in total. The minimum atomic E-state index is -1.17. The number of rotatable bonds is 5. The number of benzene rings is 2. The van der Waals surface area contributed by atoms with Gasteiger partial charge in [0.2, 0.25) is 0 Å². The maximum Gasteiger partial charge on any atom is 0.346 e. The zero-order valence-corrected chi connectivity index (χ0v) is 14.0. The van der Waals surface area contributed by atoms with Crippen molar-refractivity contribution in [3.8, 4) is 0 Å². The second-order valence-corrected chi connectivity index (χ2v) is 5.77. The Hall–Kier alpha value is -3.55. The van der Waals surface area contributed by atoms with Gasteiger partial charge >= 0.3 is 6.03 Å². The number of amides is 3. The molecular weight excluding hydrogens is 336 g/mol. The van der Waals surface area contributed by atoms with Crippen molar-refractivity contribution < 1.29 is 14.5 Å². The lowest BCUT2D eigenvalue weighted by Crippen LogP contribution is -2.43. The summed E-state index contributed by atoms with van der Waals surface area (Å²) in [6.07, 6.45) is 1.62. The monoisotopic (exact) mass is 352 g/mol. The van der Waals surface area contributed by atoms with Crippen molar-refractivity contribution in [2.75, 3.05) is 0 Å². The quantitative estimate of drug-likeness (QED) is 0.386. The van der Waals surface area contributed by atoms with E-state index in [1.807, 2.05) is 6.07 Å². The summed E-state index contributed by atoms with van der Waals surface area (Å²) in [6.45, 7) is 1.80. The van der Waals surface area contributed by atoms with E-state index in [9.17, 15) is 19.7 Å². The van der Waals surface area contributed by atoms with E-state index in [4.69, 9.17) is 0 Å². The van der Waals surface area contributed by atoms with E-state index in [-0.39, 0.29) is 5.69 Å². The maximum atomic E-state index is 12.9. The van der Waals surface area contributed by atoms with E-state index in [1.165, 1.54) is 24.4 Å². The highest BCUT2D eigenvalue weighted by Gasteiger charge is 2.51. The molecule has 1 aliphatic rings. The molecule has 0 spiro atoms. The molecule has 0 radical (unpaired) electrons. The number of imide groups is 1. The number of hydrogen-bond donors (Lipinski definition) is 1. The molecule has 0 aromatic heterocycles. The molecule has 8 nitrogen and oxygen atoms in total. The van der Waals surface area contributed by atoms with Gasteiger partial charge in [-0.2, -0.15) is 5.10 Å². The molecule has 0 unspecified atom stereocenters. The predicted octanol–water partition coefficient (Wildman–Crippen LogP) is 2.79. The van der Waals surface area contributed by atoms with Crippen molar-refractivity contribution in [1.82, 2.24) is 10.3 Å². The molecule has 8 heteroatoms. The van der Waals surface area contributed by atoms with Gasteiger partial charge in [0.05, 0.1) is 11.1 Å². The van der Waals surface area contributed by atoms with Gasteiger partial charge < -0.3 is 5.32 Å². The molecule has 1 fully saturated rings. The lowest BCUT2D eigenvalue weighted by molar-refractivity contribution is -0.384. The van der Waals surface area contributed by atoms with Gasteiger partial charge in [0.1, 0.15) is 5.54 Å². The average molecular weight is 352 g/mol. The van der Waals surface area contributed by atoms with Gasteiger partial charge in [-0.15, -0.1) is 5.01 Å². The third kappa shape index (κ3) is 2.92. The summed E-state index contributed by atoms with van der Waals surface area (Å²) in [5.74, 6) is -0.488. The fourth-order valence-corrected chi connectivity index (χ4v) is 2.87. The molecule has 0 aliphatic carbocycles. The average Bonchev–Trinajstić information content (AvgIpc) is 2.91. The van der Waals surface area contributed by atoms with Crippen molar-refractivity contribution in [2.24, 2.45) is 5.10 Å². The van der Waals surface area contributed by atoms with Gasteiger partial charge in [-0.1, -0.05) is 49.4 Å². The molecule has 1 heterocycles. The molecule has 132 valence electrons. The Kier molecular flexibility index (Phi) is 4.49. The summed E-state index contributed by atoms with van der Waals surface area (Å²) >= 11 is 0. The maximum absolute atomic E-state index is 12.9. The summed E-state index contributed by atoms with van der Waals surface area (Å²) in [5.41, 5.74) is -0.181. The van der Waals surface area contributed by atoms with E-state index >= 15 is 0 Å². The van der Waals surface area contributed by atoms with Gasteiger partial charge in [-0.3, -0.25) is 14.9 Å². The number of nitrogens with one attached hydrogen (secondary N) is 1. The van der Waals surface area contributed by atoms with Crippen molar-refractivity contribution in [2.45, 2.75) is 18.9 Å². The fraction of sp³-hybridized carbons (Fsp3) is 0.167. The number of nitrogens with zero attached hydrogens (tertiary/aromatic N) is 3. The van der Waals surface area contributed by atoms with Crippen LogP contribution in [0, 0.1) is 10.1 Å². The first-order chi connectivity index (χ1) is 12.5. The van der Waals surface area contributed by atoms with E-state index < -0.39 is 22.4 Å². The molecule has 1 atom stereocenters. The highest BCUT2D eigenvalue weighted by Crippen LogP contribution is 2.32. The number of non-ortho nitro benzene ring substituents is 1. The van der Waals surface area contributed by atoms with Crippen LogP contribution in [-0.4, -0.2) is 28.1 Å². The lowest BCUT2D eigenvalue weighted by atomic mass is 9.87. The number of carbonyl (C=O) groups is 2. The van der Waals surface area contributed by atoms with Crippen LogP contribution in [0.3, 0.4) is 0 Å². The summed E-state index contributed by atoms with van der Waals surface area (Å²) in [4.78, 5) is 35.5. The van der Waals surface area contributed by atoms with Crippen LogP contribution in [0.4, 0.5) is 10.5 Å². The molecule has 1 saturated heterocycles. The van der Waals surface area contributed by atoms with Crippen LogP contribution in [0.15, 0.2) is 59.7 Å². The van der Waals surface area contributed by atoms with E-state index in [2.05, 4.69) is 10.4 Å². The number of nitro benzene ring substituents is 1. The van der Waals surface area contributed by atoms with Crippen LogP contribution >= 0.6 is 0 Å². The summed E-state index contributed by atoms with van der Waals surface area (Å²) in [5, 5.41) is 18.3. The Bertz CT molecular complexity index is 897. The van der Waals surface area contributed by atoms with Crippen LogP contribution in [-0.2, 0) is 10.3 Å². The Balaban J connectivity index is 1.90. The van der Waals surface area contributed by atoms with E-state index in [0.29, 0.717) is 17.5 Å². The van der Waals surface area contributed by atoms with Crippen molar-refractivity contribution in [3.63, 3.8) is 0 Å². The topological polar surface area (TPSA) is 105 Å². The van der Waals surface area contributed by atoms with Crippen LogP contribution in [0.1, 0.15) is 24.5 Å². The van der Waals surface area contributed by atoms with Crippen LogP contribution in [0.25, 0.3) is 0 Å². The molecule has 2 aromatic rings. The minimum absolute atomic E-state index is 0.0988. The van der Waals surface area contributed by atoms with Crippen LogP contribution < -0.4 is 5.32 Å². The normalized spacial score (nSPS) is 19.8. The fourth-order valence-electron chi connectivity index (χ4n) is 2.87. The minimum Gasteiger partial charge on any atom is -0.318 e. The van der Waals surface area contributed by atoms with Gasteiger partial charge in [0.15, 0.2) is 0 Å². The largest absolute Gasteiger partial charge is 0.346 e. The highest BCUT2D eigenvalue weighted by atomic mass is 16.6. The number of hydrazone groups is 1. The molecule has 3 rings (SSSR count). The molecule has 2 aromatic carbocycles. The standard InChI is InChI=1S/C18H16N4O4/c1-2-18(14-8-4-3-5-9-14)16(23)21(17(24)20-18)19-12-13-7-6-10-15(11-13)22(25)26/h3-12H,2H2,1H3,(H,20,24)/b19-12-/t18-/m1/s1. The van der Waals surface area contributed by atoms with Gasteiger partial charge in [0.25, 0.3) is 11.6 Å². The third-order valence-corrected chi connectivity index (χ3v) is 4.27. The zero-order valence-electron chi connectivity index (χ0n) is 14.0. The van der Waals surface area contributed by atoms with Crippen molar-refractivity contribution in [1.29, 1.82) is 0 Å². The summed E-state index contributed by atoms with van der Waals surface area (Å²) < 4.78 is 0. The van der Waals surface area contributed by atoms with Crippen molar-refractivity contribution in [3.05, 3.63) is 75.8 Å². The van der Waals surface area contributed by atoms with E-state index in [1.54, 1.807) is 37.3 Å². The van der Waals surface area contributed by atoms with Gasteiger partial charge in [-0.05, 0) is 12.0 Å². The second-order valence-electron chi connectivity index (χ2n) is 5.77. The van der Waals surface area contributed by atoms with Crippen LogP contribution in [0.5, 0.6) is 0 Å². The number of urea groups is 1. The Labute approximate surface area is 149 Å². The molecule has 0 saturated carbocycles. The first-order valence-corrected chi connectivity index (χ1v) is 7.98. The van der Waals surface area contributed by atoms with E-state index in [0.717, 1.165) is 5.01 Å². The molecule has 3 amide bonds. The van der Waals surface area contributed by atoms with Gasteiger partial charge in [0, 0.05) is 17.7 Å². The Morgan fingerprint density at radius 3 is 2.58 bits per heavy atom. The summed E-state index contributed by atoms with van der Waals surface area (Å²) in [6, 6.07) is 14.1. The number of nitro groups is 1. The molecular formula is C18H16N4O4.